The van der Waals surface area contributed by atoms with Crippen LogP contribution in [-0.4, -0.2) is 59.1 Å². The summed E-state index contributed by atoms with van der Waals surface area (Å²) in [6.45, 7) is 4.78. The lowest BCUT2D eigenvalue weighted by Gasteiger charge is -2.33. The monoisotopic (exact) mass is 277 g/mol. The standard InChI is InChI=1S/C13H19N5O2/c1-9-7-17(3-2-14-9)13(20)10-4-12(19)18(8-10)11-5-15-16-6-11/h5-6,9-10,14H,2-4,7-8H2,1H3,(H,15,16)/t9-,10-/m0/s1. The molecule has 7 nitrogen and oxygen atoms in total. The van der Waals surface area contributed by atoms with Crippen molar-refractivity contribution in [3.05, 3.63) is 12.4 Å². The molecule has 2 aliphatic heterocycles. The molecule has 2 saturated heterocycles. The van der Waals surface area contributed by atoms with Gasteiger partial charge >= 0.3 is 0 Å². The van der Waals surface area contributed by atoms with Crippen LogP contribution >= 0.6 is 0 Å². The van der Waals surface area contributed by atoms with E-state index in [4.69, 9.17) is 0 Å². The molecule has 3 rings (SSSR count). The van der Waals surface area contributed by atoms with Crippen molar-refractivity contribution in [2.24, 2.45) is 5.92 Å². The van der Waals surface area contributed by atoms with Crippen molar-refractivity contribution in [2.45, 2.75) is 19.4 Å². The van der Waals surface area contributed by atoms with Gasteiger partial charge < -0.3 is 15.1 Å². The normalized spacial score (nSPS) is 27.1. The second-order valence-corrected chi connectivity index (χ2v) is 5.50. The average molecular weight is 277 g/mol. The smallest absolute Gasteiger partial charge is 0.228 e. The predicted octanol–water partition coefficient (Wildman–Crippen LogP) is -0.417. The van der Waals surface area contributed by atoms with Crippen LogP contribution in [0.4, 0.5) is 5.69 Å². The Bertz CT molecular complexity index is 501. The Balaban J connectivity index is 1.67. The van der Waals surface area contributed by atoms with E-state index in [9.17, 15) is 9.59 Å². The first-order valence-electron chi connectivity index (χ1n) is 6.96. The Hall–Kier alpha value is -1.89. The fourth-order valence-electron chi connectivity index (χ4n) is 2.90. The molecular formula is C13H19N5O2. The third-order valence-corrected chi connectivity index (χ3v) is 3.95. The molecule has 2 aliphatic rings. The Morgan fingerprint density at radius 1 is 1.45 bits per heavy atom. The van der Waals surface area contributed by atoms with Crippen LogP contribution in [-0.2, 0) is 9.59 Å². The summed E-state index contributed by atoms with van der Waals surface area (Å²) in [6, 6.07) is 0.315. The van der Waals surface area contributed by atoms with Crippen molar-refractivity contribution in [2.75, 3.05) is 31.1 Å². The van der Waals surface area contributed by atoms with Crippen molar-refractivity contribution >= 4 is 17.5 Å². The summed E-state index contributed by atoms with van der Waals surface area (Å²) >= 11 is 0. The molecule has 2 fully saturated rings. The molecule has 0 aliphatic carbocycles. The number of rotatable bonds is 2. The quantitative estimate of drug-likeness (QED) is 0.769. The minimum Gasteiger partial charge on any atom is -0.340 e. The van der Waals surface area contributed by atoms with Gasteiger partial charge in [-0.25, -0.2) is 0 Å². The molecule has 0 radical (unpaired) electrons. The van der Waals surface area contributed by atoms with Gasteiger partial charge in [0.15, 0.2) is 0 Å². The van der Waals surface area contributed by atoms with E-state index in [1.165, 1.54) is 0 Å². The van der Waals surface area contributed by atoms with Gasteiger partial charge in [0.05, 0.1) is 17.8 Å². The molecule has 7 heteroatoms. The lowest BCUT2D eigenvalue weighted by atomic mass is 10.1. The van der Waals surface area contributed by atoms with Crippen LogP contribution in [0.2, 0.25) is 0 Å². The van der Waals surface area contributed by atoms with E-state index >= 15 is 0 Å². The zero-order chi connectivity index (χ0) is 14.1. The Morgan fingerprint density at radius 2 is 2.30 bits per heavy atom. The molecular weight excluding hydrogens is 258 g/mol. The number of nitrogens with one attached hydrogen (secondary N) is 2. The number of carbonyl (C=O) groups excluding carboxylic acids is 2. The highest BCUT2D eigenvalue weighted by molar-refractivity contribution is 6.00. The summed E-state index contributed by atoms with van der Waals surface area (Å²) in [5.74, 6) is -0.145. The first-order chi connectivity index (χ1) is 9.65. The molecule has 0 saturated carbocycles. The van der Waals surface area contributed by atoms with Gasteiger partial charge in [-0.15, -0.1) is 0 Å². The van der Waals surface area contributed by atoms with E-state index in [0.717, 1.165) is 25.3 Å². The van der Waals surface area contributed by atoms with E-state index in [-0.39, 0.29) is 17.7 Å². The maximum atomic E-state index is 12.5. The average Bonchev–Trinajstić information content (AvgIpc) is 3.06. The molecule has 2 N–H and O–H groups in total. The lowest BCUT2D eigenvalue weighted by molar-refractivity contribution is -0.136. The number of anilines is 1. The molecule has 3 heterocycles. The predicted molar refractivity (Wildman–Crippen MR) is 73.1 cm³/mol. The zero-order valence-corrected chi connectivity index (χ0v) is 11.5. The zero-order valence-electron chi connectivity index (χ0n) is 11.5. The summed E-state index contributed by atoms with van der Waals surface area (Å²) in [7, 11) is 0. The number of amides is 2. The van der Waals surface area contributed by atoms with E-state index in [1.54, 1.807) is 17.3 Å². The highest BCUT2D eigenvalue weighted by Crippen LogP contribution is 2.25. The molecule has 2 amide bonds. The maximum absolute atomic E-state index is 12.5. The summed E-state index contributed by atoms with van der Waals surface area (Å²) in [4.78, 5) is 28.0. The minimum atomic E-state index is -0.234. The molecule has 0 bridgehead atoms. The Morgan fingerprint density at radius 3 is 3.00 bits per heavy atom. The molecule has 0 aromatic carbocycles. The van der Waals surface area contributed by atoms with Gasteiger partial charge in [0.1, 0.15) is 0 Å². The van der Waals surface area contributed by atoms with Crippen LogP contribution in [0.3, 0.4) is 0 Å². The van der Waals surface area contributed by atoms with Crippen molar-refractivity contribution in [3.8, 4) is 0 Å². The molecule has 1 aromatic rings. The van der Waals surface area contributed by atoms with Crippen molar-refractivity contribution in [1.29, 1.82) is 0 Å². The second-order valence-electron chi connectivity index (χ2n) is 5.50. The van der Waals surface area contributed by atoms with Crippen LogP contribution in [0, 0.1) is 5.92 Å². The number of aromatic amines is 1. The van der Waals surface area contributed by atoms with Crippen LogP contribution in [0.25, 0.3) is 0 Å². The number of piperazine rings is 1. The minimum absolute atomic E-state index is 0.00654. The van der Waals surface area contributed by atoms with Gasteiger partial charge in [-0.3, -0.25) is 14.7 Å². The van der Waals surface area contributed by atoms with E-state index in [2.05, 4.69) is 22.4 Å². The van der Waals surface area contributed by atoms with Gasteiger partial charge in [-0.1, -0.05) is 0 Å². The van der Waals surface area contributed by atoms with Crippen LogP contribution < -0.4 is 10.2 Å². The van der Waals surface area contributed by atoms with Gasteiger partial charge in [-0.05, 0) is 6.92 Å². The number of H-pyrrole nitrogens is 1. The number of carbonyl (C=O) groups is 2. The fraction of sp³-hybridized carbons (Fsp3) is 0.615. The van der Waals surface area contributed by atoms with Gasteiger partial charge in [0.25, 0.3) is 0 Å². The molecule has 20 heavy (non-hydrogen) atoms. The summed E-state index contributed by atoms with van der Waals surface area (Å²) in [5, 5.41) is 9.85. The summed E-state index contributed by atoms with van der Waals surface area (Å²) in [5.41, 5.74) is 0.735. The third kappa shape index (κ3) is 2.40. The molecule has 108 valence electrons. The van der Waals surface area contributed by atoms with Crippen LogP contribution in [0.1, 0.15) is 13.3 Å². The summed E-state index contributed by atoms with van der Waals surface area (Å²) in [6.07, 6.45) is 3.58. The van der Waals surface area contributed by atoms with Crippen molar-refractivity contribution in [1.82, 2.24) is 20.4 Å². The lowest BCUT2D eigenvalue weighted by Crippen LogP contribution is -2.53. The number of aromatic nitrogens is 2. The van der Waals surface area contributed by atoms with Gasteiger partial charge in [-0.2, -0.15) is 5.10 Å². The fourth-order valence-corrected chi connectivity index (χ4v) is 2.90. The first kappa shape index (κ1) is 13.1. The Kier molecular flexibility index (Phi) is 3.43. The topological polar surface area (TPSA) is 81.3 Å². The van der Waals surface area contributed by atoms with E-state index in [1.807, 2.05) is 4.90 Å². The second kappa shape index (κ2) is 5.24. The first-order valence-corrected chi connectivity index (χ1v) is 6.96. The van der Waals surface area contributed by atoms with Crippen molar-refractivity contribution in [3.63, 3.8) is 0 Å². The van der Waals surface area contributed by atoms with Crippen LogP contribution in [0.15, 0.2) is 12.4 Å². The largest absolute Gasteiger partial charge is 0.340 e. The Labute approximate surface area is 117 Å². The number of hydrogen-bond donors (Lipinski definition) is 2. The van der Waals surface area contributed by atoms with E-state index in [0.29, 0.717) is 19.0 Å². The number of hydrogen-bond acceptors (Lipinski definition) is 4. The molecule has 1 aromatic heterocycles. The molecule has 2 atom stereocenters. The highest BCUT2D eigenvalue weighted by Gasteiger charge is 2.38. The third-order valence-electron chi connectivity index (χ3n) is 3.95. The summed E-state index contributed by atoms with van der Waals surface area (Å²) < 4.78 is 0. The van der Waals surface area contributed by atoms with E-state index < -0.39 is 0 Å². The van der Waals surface area contributed by atoms with Gasteiger partial charge in [0.2, 0.25) is 11.8 Å². The molecule has 0 unspecified atom stereocenters. The maximum Gasteiger partial charge on any atom is 0.228 e. The van der Waals surface area contributed by atoms with Crippen LogP contribution in [0.5, 0.6) is 0 Å². The molecule has 0 spiro atoms. The van der Waals surface area contributed by atoms with Gasteiger partial charge in [0, 0.05) is 44.8 Å². The number of nitrogens with zero attached hydrogens (tertiary/aromatic N) is 3. The van der Waals surface area contributed by atoms with Crippen molar-refractivity contribution < 1.29 is 9.59 Å². The highest BCUT2D eigenvalue weighted by atomic mass is 16.2. The SMILES string of the molecule is C[C@H]1CN(C(=O)[C@H]2CC(=O)N(c3cn[nH]c3)C2)CCN1.